The molecule has 0 bridgehead atoms. The largest absolute Gasteiger partial charge is 0.497 e. The molecule has 0 aliphatic heterocycles. The quantitative estimate of drug-likeness (QED) is 0.510. The molecule has 3 heterocycles. The Kier molecular flexibility index (Phi) is 4.99. The minimum Gasteiger partial charge on any atom is -0.497 e. The molecular weight excluding hydrogens is 362 g/mol. The van der Waals surface area contributed by atoms with Crippen LogP contribution in [0, 0.1) is 0 Å². The van der Waals surface area contributed by atoms with Crippen molar-refractivity contribution in [3.8, 4) is 17.1 Å². The van der Waals surface area contributed by atoms with Gasteiger partial charge in [0.2, 0.25) is 0 Å². The first-order valence-corrected chi connectivity index (χ1v) is 9.49. The Morgan fingerprint density at radius 3 is 2.70 bits per heavy atom. The molecule has 2 N–H and O–H groups in total. The van der Waals surface area contributed by atoms with Gasteiger partial charge in [0.1, 0.15) is 11.6 Å². The average Bonchev–Trinajstić information content (AvgIpc) is 3.37. The van der Waals surface area contributed by atoms with Crippen LogP contribution in [-0.4, -0.2) is 38.6 Å². The molecular formula is C19H19N5O2S. The van der Waals surface area contributed by atoms with E-state index in [2.05, 4.69) is 20.6 Å². The van der Waals surface area contributed by atoms with E-state index in [1.807, 2.05) is 53.2 Å². The Morgan fingerprint density at radius 1 is 1.15 bits per heavy atom. The first-order valence-electron chi connectivity index (χ1n) is 8.55. The van der Waals surface area contributed by atoms with Gasteiger partial charge in [-0.25, -0.2) is 0 Å². The molecule has 138 valence electrons. The van der Waals surface area contributed by atoms with Gasteiger partial charge in [-0.1, -0.05) is 12.1 Å². The number of thiophene rings is 1. The zero-order chi connectivity index (χ0) is 18.6. The zero-order valence-corrected chi connectivity index (χ0v) is 15.6. The Morgan fingerprint density at radius 2 is 2.00 bits per heavy atom. The van der Waals surface area contributed by atoms with Crippen LogP contribution in [0.4, 0.5) is 5.82 Å². The maximum atomic E-state index is 9.48. The van der Waals surface area contributed by atoms with Crippen LogP contribution in [-0.2, 0) is 0 Å². The Balaban J connectivity index is 1.64. The Hall–Kier alpha value is -2.97. The van der Waals surface area contributed by atoms with Gasteiger partial charge in [-0.15, -0.1) is 15.3 Å². The monoisotopic (exact) mass is 381 g/mol. The molecule has 4 rings (SSSR count). The molecule has 0 aliphatic carbocycles. The topological polar surface area (TPSA) is 84.6 Å². The second kappa shape index (κ2) is 7.73. The fourth-order valence-electron chi connectivity index (χ4n) is 2.90. The summed E-state index contributed by atoms with van der Waals surface area (Å²) in [5.41, 5.74) is 2.72. The molecule has 0 saturated heterocycles. The summed E-state index contributed by atoms with van der Waals surface area (Å²) in [6.45, 7) is 0.0682. The highest BCUT2D eigenvalue weighted by Crippen LogP contribution is 2.25. The second-order valence-electron chi connectivity index (χ2n) is 6.01. The van der Waals surface area contributed by atoms with E-state index in [4.69, 9.17) is 4.74 Å². The van der Waals surface area contributed by atoms with Crippen LogP contribution in [0.25, 0.3) is 17.0 Å². The highest BCUT2D eigenvalue weighted by atomic mass is 32.1. The molecule has 4 aromatic rings. The highest BCUT2D eigenvalue weighted by Gasteiger charge is 2.14. The number of nitrogens with one attached hydrogen (secondary N) is 1. The van der Waals surface area contributed by atoms with Gasteiger partial charge in [0.25, 0.3) is 0 Å². The van der Waals surface area contributed by atoms with E-state index in [-0.39, 0.29) is 12.6 Å². The van der Waals surface area contributed by atoms with E-state index in [9.17, 15) is 5.11 Å². The lowest BCUT2D eigenvalue weighted by Crippen LogP contribution is -2.14. The van der Waals surface area contributed by atoms with Crippen LogP contribution in [0.2, 0.25) is 0 Å². The average molecular weight is 381 g/mol. The summed E-state index contributed by atoms with van der Waals surface area (Å²) in [4.78, 5) is 0. The summed E-state index contributed by atoms with van der Waals surface area (Å²) in [6, 6.07) is 13.5. The first kappa shape index (κ1) is 17.4. The van der Waals surface area contributed by atoms with Crippen LogP contribution >= 0.6 is 11.3 Å². The number of nitrogens with zero attached hydrogens (tertiary/aromatic N) is 4. The van der Waals surface area contributed by atoms with Crippen molar-refractivity contribution in [1.29, 1.82) is 0 Å². The number of hydrogen-bond donors (Lipinski definition) is 2. The number of aliphatic hydroxyl groups excluding tert-OH is 1. The molecule has 0 amide bonds. The maximum absolute atomic E-state index is 9.48. The van der Waals surface area contributed by atoms with Crippen LogP contribution in [0.3, 0.4) is 0 Å². The van der Waals surface area contributed by atoms with Crippen molar-refractivity contribution in [2.24, 2.45) is 0 Å². The molecule has 7 nitrogen and oxygen atoms in total. The molecule has 27 heavy (non-hydrogen) atoms. The maximum Gasteiger partial charge on any atom is 0.186 e. The number of aromatic nitrogens is 4. The van der Waals surface area contributed by atoms with Crippen LogP contribution in [0.5, 0.6) is 5.75 Å². The number of benzene rings is 1. The lowest BCUT2D eigenvalue weighted by atomic mass is 10.0. The summed E-state index contributed by atoms with van der Waals surface area (Å²) in [5.74, 6) is 2.19. The van der Waals surface area contributed by atoms with E-state index >= 15 is 0 Å². The van der Waals surface area contributed by atoms with E-state index in [1.165, 1.54) is 0 Å². The van der Waals surface area contributed by atoms with Crippen molar-refractivity contribution in [1.82, 2.24) is 19.8 Å². The molecule has 3 aromatic heterocycles. The van der Waals surface area contributed by atoms with E-state index in [1.54, 1.807) is 23.0 Å². The smallest absolute Gasteiger partial charge is 0.186 e. The number of rotatable bonds is 7. The molecule has 0 saturated carbocycles. The minimum atomic E-state index is -0.0769. The number of hydrogen-bond acceptors (Lipinski definition) is 7. The summed E-state index contributed by atoms with van der Waals surface area (Å²) < 4.78 is 6.95. The molecule has 0 radical (unpaired) electrons. The lowest BCUT2D eigenvalue weighted by molar-refractivity contribution is 0.280. The third-order valence-corrected chi connectivity index (χ3v) is 4.98. The van der Waals surface area contributed by atoms with E-state index < -0.39 is 0 Å². The van der Waals surface area contributed by atoms with Gasteiger partial charge in [0.15, 0.2) is 11.5 Å². The van der Waals surface area contributed by atoms with Gasteiger partial charge < -0.3 is 15.2 Å². The van der Waals surface area contributed by atoms with E-state index in [0.717, 1.165) is 16.9 Å². The highest BCUT2D eigenvalue weighted by molar-refractivity contribution is 7.08. The number of fused-ring (bicyclic) bond motifs is 1. The number of aliphatic hydroxyl groups is 1. The fraction of sp³-hybridized carbons (Fsp3) is 0.211. The summed E-state index contributed by atoms with van der Waals surface area (Å²) in [6.07, 6.45) is 0.561. The number of methoxy groups -OCH3 is 1. The normalized spacial score (nSPS) is 12.2. The predicted octanol–water partition coefficient (Wildman–Crippen LogP) is 3.40. The Bertz CT molecular complexity index is 1010. The SMILES string of the molecule is COc1ccc(C(CCO)Nc2ccc3nnc(-c4ccsc4)n3n2)cc1. The standard InChI is InChI=1S/C19H19N5O2S/c1-26-15-4-2-13(3-5-15)16(8-10-25)20-17-6-7-18-21-22-19(24(18)23-17)14-9-11-27-12-14/h2-7,9,11-12,16,25H,8,10H2,1H3,(H,20,23). The van der Waals surface area contributed by atoms with Gasteiger partial charge in [0, 0.05) is 17.6 Å². The van der Waals surface area contributed by atoms with Crippen molar-refractivity contribution < 1.29 is 9.84 Å². The van der Waals surface area contributed by atoms with Crippen molar-refractivity contribution in [3.63, 3.8) is 0 Å². The van der Waals surface area contributed by atoms with Crippen LogP contribution in [0.1, 0.15) is 18.0 Å². The summed E-state index contributed by atoms with van der Waals surface area (Å²) in [7, 11) is 1.64. The van der Waals surface area contributed by atoms with Gasteiger partial charge in [-0.05, 0) is 47.7 Å². The van der Waals surface area contributed by atoms with Crippen molar-refractivity contribution in [3.05, 3.63) is 58.8 Å². The zero-order valence-electron chi connectivity index (χ0n) is 14.7. The van der Waals surface area contributed by atoms with Crippen molar-refractivity contribution >= 4 is 22.8 Å². The number of anilines is 1. The molecule has 0 aliphatic rings. The van der Waals surface area contributed by atoms with Crippen LogP contribution in [0.15, 0.2) is 53.2 Å². The minimum absolute atomic E-state index is 0.0682. The van der Waals surface area contributed by atoms with Gasteiger partial charge in [0.05, 0.1) is 13.2 Å². The van der Waals surface area contributed by atoms with Crippen molar-refractivity contribution in [2.75, 3.05) is 19.0 Å². The van der Waals surface area contributed by atoms with Gasteiger partial charge in [-0.3, -0.25) is 0 Å². The predicted molar refractivity (Wildman–Crippen MR) is 105 cm³/mol. The van der Waals surface area contributed by atoms with Gasteiger partial charge in [-0.2, -0.15) is 15.9 Å². The lowest BCUT2D eigenvalue weighted by Gasteiger charge is -2.19. The van der Waals surface area contributed by atoms with Gasteiger partial charge >= 0.3 is 0 Å². The molecule has 1 atom stereocenters. The fourth-order valence-corrected chi connectivity index (χ4v) is 3.54. The van der Waals surface area contributed by atoms with E-state index in [0.29, 0.717) is 23.7 Å². The third-order valence-electron chi connectivity index (χ3n) is 4.30. The summed E-state index contributed by atoms with van der Waals surface area (Å²) >= 11 is 1.61. The first-order chi connectivity index (χ1) is 13.3. The third kappa shape index (κ3) is 3.62. The molecule has 0 fully saturated rings. The summed E-state index contributed by atoms with van der Waals surface area (Å²) in [5, 5.41) is 30.0. The molecule has 8 heteroatoms. The molecule has 0 spiro atoms. The van der Waals surface area contributed by atoms with Crippen LogP contribution < -0.4 is 10.1 Å². The molecule has 1 unspecified atom stereocenters. The molecule has 1 aromatic carbocycles. The second-order valence-corrected chi connectivity index (χ2v) is 6.79. The Labute approximate surface area is 160 Å². The number of ether oxygens (including phenoxy) is 1. The van der Waals surface area contributed by atoms with Crippen molar-refractivity contribution in [2.45, 2.75) is 12.5 Å².